The van der Waals surface area contributed by atoms with Crippen molar-refractivity contribution in [2.24, 2.45) is 0 Å². The summed E-state index contributed by atoms with van der Waals surface area (Å²) in [6.07, 6.45) is -5.96. The summed E-state index contributed by atoms with van der Waals surface area (Å²) < 4.78 is 44.5. The Morgan fingerprint density at radius 1 is 1.09 bits per heavy atom. The first-order valence-corrected chi connectivity index (χ1v) is 6.48. The number of ether oxygens (including phenoxy) is 2. The lowest BCUT2D eigenvalue weighted by Crippen LogP contribution is -2.34. The normalized spacial score (nSPS) is 11.6. The molecule has 1 rings (SSSR count). The number of rotatable bonds is 3. The fourth-order valence-electron chi connectivity index (χ4n) is 1.41. The van der Waals surface area contributed by atoms with Crippen LogP contribution >= 0.6 is 0 Å². The van der Waals surface area contributed by atoms with Crippen molar-refractivity contribution in [2.75, 3.05) is 0 Å². The monoisotopic (exact) mass is 335 g/mol. The molecule has 0 aromatic heterocycles. The summed E-state index contributed by atoms with van der Waals surface area (Å²) in [5, 5.41) is 0. The van der Waals surface area contributed by atoms with Gasteiger partial charge in [-0.3, -0.25) is 0 Å². The molecule has 0 unspecified atom stereocenters. The molecular formula is C14H16F3NO5. The Morgan fingerprint density at radius 2 is 1.65 bits per heavy atom. The number of benzene rings is 1. The van der Waals surface area contributed by atoms with E-state index in [-0.39, 0.29) is 6.42 Å². The molecule has 23 heavy (non-hydrogen) atoms. The van der Waals surface area contributed by atoms with Gasteiger partial charge in [0.15, 0.2) is 0 Å². The molecule has 0 saturated heterocycles. The van der Waals surface area contributed by atoms with Gasteiger partial charge in [0.2, 0.25) is 0 Å². The fraction of sp³-hybridized carbons (Fsp3) is 0.429. The number of halogens is 3. The third kappa shape index (κ3) is 8.54. The predicted molar refractivity (Wildman–Crippen MR) is 72.3 cm³/mol. The van der Waals surface area contributed by atoms with Gasteiger partial charge in [0, 0.05) is 0 Å². The Kier molecular flexibility index (Phi) is 5.83. The zero-order chi connectivity index (χ0) is 17.7. The van der Waals surface area contributed by atoms with E-state index >= 15 is 0 Å². The predicted octanol–water partition coefficient (Wildman–Crippen LogP) is 3.11. The van der Waals surface area contributed by atoms with Gasteiger partial charge < -0.3 is 14.3 Å². The van der Waals surface area contributed by atoms with Crippen LogP contribution in [0.5, 0.6) is 5.75 Å². The van der Waals surface area contributed by atoms with Crippen molar-refractivity contribution in [3.05, 3.63) is 29.8 Å². The van der Waals surface area contributed by atoms with Crippen molar-refractivity contribution in [1.82, 2.24) is 5.48 Å². The van der Waals surface area contributed by atoms with Crippen LogP contribution in [0.25, 0.3) is 0 Å². The molecule has 0 heterocycles. The van der Waals surface area contributed by atoms with E-state index in [4.69, 9.17) is 4.74 Å². The van der Waals surface area contributed by atoms with Crippen molar-refractivity contribution in [3.8, 4) is 5.75 Å². The van der Waals surface area contributed by atoms with Crippen molar-refractivity contribution in [2.45, 2.75) is 39.2 Å². The molecule has 1 amide bonds. The van der Waals surface area contributed by atoms with Crippen LogP contribution in [0, 0.1) is 0 Å². The first-order valence-electron chi connectivity index (χ1n) is 6.48. The topological polar surface area (TPSA) is 73.9 Å². The van der Waals surface area contributed by atoms with E-state index in [1.807, 2.05) is 5.48 Å². The van der Waals surface area contributed by atoms with Crippen LogP contribution in [-0.2, 0) is 20.8 Å². The number of hydrogen-bond acceptors (Lipinski definition) is 5. The fourth-order valence-corrected chi connectivity index (χ4v) is 1.41. The Bertz CT molecular complexity index is 549. The van der Waals surface area contributed by atoms with Gasteiger partial charge in [-0.05, 0) is 38.5 Å². The van der Waals surface area contributed by atoms with E-state index in [1.165, 1.54) is 12.1 Å². The average Bonchev–Trinajstić information content (AvgIpc) is 2.35. The molecule has 9 heteroatoms. The van der Waals surface area contributed by atoms with Crippen LogP contribution in [0.3, 0.4) is 0 Å². The molecule has 6 nitrogen and oxygen atoms in total. The van der Waals surface area contributed by atoms with E-state index < -0.39 is 29.8 Å². The molecule has 1 aromatic rings. The SMILES string of the molecule is CC(C)(C)OC(=O)NOC(=O)Cc1ccc(OC(F)(F)F)cc1. The third-order valence-electron chi connectivity index (χ3n) is 2.15. The summed E-state index contributed by atoms with van der Waals surface area (Å²) in [6, 6.07) is 4.68. The lowest BCUT2D eigenvalue weighted by Gasteiger charge is -2.19. The van der Waals surface area contributed by atoms with Crippen LogP contribution in [0.1, 0.15) is 26.3 Å². The summed E-state index contributed by atoms with van der Waals surface area (Å²) in [5.41, 5.74) is 1.46. The maximum Gasteiger partial charge on any atom is 0.573 e. The highest BCUT2D eigenvalue weighted by Crippen LogP contribution is 2.22. The quantitative estimate of drug-likeness (QED) is 0.859. The van der Waals surface area contributed by atoms with Gasteiger partial charge in [-0.15, -0.1) is 18.7 Å². The van der Waals surface area contributed by atoms with E-state index in [0.717, 1.165) is 12.1 Å². The number of carbonyl (C=O) groups is 2. The van der Waals surface area contributed by atoms with E-state index in [0.29, 0.717) is 5.56 Å². The van der Waals surface area contributed by atoms with Crippen LogP contribution in [0.4, 0.5) is 18.0 Å². The minimum atomic E-state index is -4.78. The summed E-state index contributed by atoms with van der Waals surface area (Å²) >= 11 is 0. The smallest absolute Gasteiger partial charge is 0.442 e. The summed E-state index contributed by atoms with van der Waals surface area (Å²) in [5.74, 6) is -1.21. The second kappa shape index (κ2) is 7.21. The summed E-state index contributed by atoms with van der Waals surface area (Å²) in [4.78, 5) is 27.2. The zero-order valence-electron chi connectivity index (χ0n) is 12.7. The Balaban J connectivity index is 2.44. The first-order chi connectivity index (χ1) is 10.4. The number of amides is 1. The van der Waals surface area contributed by atoms with Crippen LogP contribution in [0.2, 0.25) is 0 Å². The van der Waals surface area contributed by atoms with Crippen molar-refractivity contribution in [3.63, 3.8) is 0 Å². The zero-order valence-corrected chi connectivity index (χ0v) is 12.7. The number of alkyl halides is 3. The maximum atomic E-state index is 12.0. The molecule has 0 aliphatic heterocycles. The van der Waals surface area contributed by atoms with Gasteiger partial charge in [-0.2, -0.15) is 0 Å². The molecule has 1 aromatic carbocycles. The Labute approximate surface area is 130 Å². The van der Waals surface area contributed by atoms with Crippen molar-refractivity contribution >= 4 is 12.1 Å². The summed E-state index contributed by atoms with van der Waals surface area (Å²) in [6.45, 7) is 4.91. The standard InChI is InChI=1S/C14H16F3NO5/c1-13(2,3)22-12(20)18-23-11(19)8-9-4-6-10(7-5-9)21-14(15,16)17/h4-7H,8H2,1-3H3,(H,18,20). The second-order valence-corrected chi connectivity index (χ2v) is 5.45. The highest BCUT2D eigenvalue weighted by atomic mass is 19.4. The Hall–Kier alpha value is -2.45. The molecule has 0 bridgehead atoms. The molecule has 0 aliphatic carbocycles. The Morgan fingerprint density at radius 3 is 2.13 bits per heavy atom. The first kappa shape index (κ1) is 18.6. The second-order valence-electron chi connectivity index (χ2n) is 5.45. The molecule has 128 valence electrons. The van der Waals surface area contributed by atoms with Gasteiger partial charge in [0.25, 0.3) is 0 Å². The molecule has 0 radical (unpaired) electrons. The van der Waals surface area contributed by atoms with Crippen LogP contribution in [0.15, 0.2) is 24.3 Å². The molecule has 0 fully saturated rings. The average molecular weight is 335 g/mol. The van der Waals surface area contributed by atoms with Gasteiger partial charge >= 0.3 is 18.4 Å². The van der Waals surface area contributed by atoms with E-state index in [9.17, 15) is 22.8 Å². The van der Waals surface area contributed by atoms with Gasteiger partial charge in [-0.25, -0.2) is 9.59 Å². The number of nitrogens with one attached hydrogen (secondary N) is 1. The van der Waals surface area contributed by atoms with E-state index in [2.05, 4.69) is 9.57 Å². The van der Waals surface area contributed by atoms with E-state index in [1.54, 1.807) is 20.8 Å². The summed E-state index contributed by atoms with van der Waals surface area (Å²) in [7, 11) is 0. The van der Waals surface area contributed by atoms with Crippen LogP contribution in [-0.4, -0.2) is 24.0 Å². The van der Waals surface area contributed by atoms with Crippen molar-refractivity contribution < 1.29 is 37.1 Å². The molecule has 0 aliphatic rings. The lowest BCUT2D eigenvalue weighted by molar-refractivity contribution is -0.274. The molecule has 0 spiro atoms. The van der Waals surface area contributed by atoms with Gasteiger partial charge in [-0.1, -0.05) is 12.1 Å². The minimum Gasteiger partial charge on any atom is -0.442 e. The maximum absolute atomic E-state index is 12.0. The van der Waals surface area contributed by atoms with Crippen LogP contribution < -0.4 is 10.2 Å². The van der Waals surface area contributed by atoms with Gasteiger partial charge in [0.1, 0.15) is 11.4 Å². The highest BCUT2D eigenvalue weighted by molar-refractivity contribution is 5.75. The highest BCUT2D eigenvalue weighted by Gasteiger charge is 2.31. The number of carbonyl (C=O) groups excluding carboxylic acids is 2. The molecule has 0 atom stereocenters. The molecule has 1 N–H and O–H groups in total. The van der Waals surface area contributed by atoms with Crippen molar-refractivity contribution in [1.29, 1.82) is 0 Å². The minimum absolute atomic E-state index is 0.248. The largest absolute Gasteiger partial charge is 0.573 e. The number of hydrogen-bond donors (Lipinski definition) is 1. The molecule has 0 saturated carbocycles. The number of hydroxylamine groups is 1. The third-order valence-corrected chi connectivity index (χ3v) is 2.15. The van der Waals surface area contributed by atoms with Gasteiger partial charge in [0.05, 0.1) is 6.42 Å². The lowest BCUT2D eigenvalue weighted by atomic mass is 10.1. The molecular weight excluding hydrogens is 319 g/mol.